The lowest BCUT2D eigenvalue weighted by atomic mass is 9.70. The van der Waals surface area contributed by atoms with Gasteiger partial charge < -0.3 is 0 Å². The summed E-state index contributed by atoms with van der Waals surface area (Å²) in [6, 6.07) is 0.479. The maximum absolute atomic E-state index is 5.68. The Labute approximate surface area is 101 Å². The minimum absolute atomic E-state index is 0.479. The van der Waals surface area contributed by atoms with E-state index >= 15 is 0 Å². The highest BCUT2D eigenvalue weighted by atomic mass is 15.2. The van der Waals surface area contributed by atoms with Crippen LogP contribution in [0.1, 0.15) is 59.3 Å². The molecule has 3 N–H and O–H groups in total. The number of allylic oxidation sites excluding steroid dienone is 1. The van der Waals surface area contributed by atoms with E-state index < -0.39 is 0 Å². The maximum atomic E-state index is 5.68. The van der Waals surface area contributed by atoms with Crippen molar-refractivity contribution in [3.8, 4) is 0 Å². The van der Waals surface area contributed by atoms with E-state index in [2.05, 4.69) is 32.8 Å². The van der Waals surface area contributed by atoms with Gasteiger partial charge >= 0.3 is 0 Å². The summed E-state index contributed by atoms with van der Waals surface area (Å²) in [6.07, 6.45) is 7.54. The van der Waals surface area contributed by atoms with Gasteiger partial charge in [0.05, 0.1) is 0 Å². The zero-order valence-corrected chi connectivity index (χ0v) is 11.2. The van der Waals surface area contributed by atoms with Gasteiger partial charge in [0.2, 0.25) is 0 Å². The van der Waals surface area contributed by atoms with Crippen molar-refractivity contribution < 1.29 is 0 Å². The monoisotopic (exact) mass is 224 g/mol. The highest BCUT2D eigenvalue weighted by Gasteiger charge is 2.30. The molecule has 0 bridgehead atoms. The molecule has 1 aliphatic rings. The zero-order valence-electron chi connectivity index (χ0n) is 11.2. The fourth-order valence-corrected chi connectivity index (χ4v) is 2.68. The highest BCUT2D eigenvalue weighted by Crippen LogP contribution is 2.39. The molecule has 0 aromatic carbocycles. The SMILES string of the molecule is C=C(C)CCC(NN)C1CCC(C)(C)CC1. The number of hydrogen-bond donors (Lipinski definition) is 2. The third kappa shape index (κ3) is 4.26. The minimum Gasteiger partial charge on any atom is -0.271 e. The number of hydrogen-bond acceptors (Lipinski definition) is 2. The van der Waals surface area contributed by atoms with Gasteiger partial charge in [-0.25, -0.2) is 0 Å². The van der Waals surface area contributed by atoms with E-state index in [9.17, 15) is 0 Å². The van der Waals surface area contributed by atoms with Crippen LogP contribution in [0.5, 0.6) is 0 Å². The van der Waals surface area contributed by atoms with Gasteiger partial charge in [0.25, 0.3) is 0 Å². The molecule has 1 rings (SSSR count). The van der Waals surface area contributed by atoms with Gasteiger partial charge in [0.1, 0.15) is 0 Å². The van der Waals surface area contributed by atoms with Crippen LogP contribution in [0.4, 0.5) is 0 Å². The average molecular weight is 224 g/mol. The third-order valence-electron chi connectivity index (χ3n) is 4.05. The predicted molar refractivity (Wildman–Crippen MR) is 70.9 cm³/mol. The molecule has 1 unspecified atom stereocenters. The third-order valence-corrected chi connectivity index (χ3v) is 4.05. The summed E-state index contributed by atoms with van der Waals surface area (Å²) >= 11 is 0. The van der Waals surface area contributed by atoms with Crippen LogP contribution in [0.2, 0.25) is 0 Å². The molecule has 0 amide bonds. The quantitative estimate of drug-likeness (QED) is 0.427. The summed E-state index contributed by atoms with van der Waals surface area (Å²) < 4.78 is 0. The van der Waals surface area contributed by atoms with Gasteiger partial charge in [-0.3, -0.25) is 11.3 Å². The predicted octanol–water partition coefficient (Wildman–Crippen LogP) is 3.39. The van der Waals surface area contributed by atoms with Crippen molar-refractivity contribution in [1.29, 1.82) is 0 Å². The standard InChI is InChI=1S/C14H28N2/c1-11(2)5-6-13(16-15)12-7-9-14(3,4)10-8-12/h12-13,16H,1,5-10,15H2,2-4H3. The zero-order chi connectivity index (χ0) is 12.2. The van der Waals surface area contributed by atoms with Crippen molar-refractivity contribution in [1.82, 2.24) is 5.43 Å². The molecule has 1 atom stereocenters. The Morgan fingerprint density at radius 1 is 1.44 bits per heavy atom. The summed E-state index contributed by atoms with van der Waals surface area (Å²) in [7, 11) is 0. The van der Waals surface area contributed by atoms with Gasteiger partial charge in [-0.15, -0.1) is 6.58 Å². The van der Waals surface area contributed by atoms with Crippen LogP contribution >= 0.6 is 0 Å². The molecule has 2 nitrogen and oxygen atoms in total. The minimum atomic E-state index is 0.479. The first-order valence-electron chi connectivity index (χ1n) is 6.55. The number of nitrogens with one attached hydrogen (secondary N) is 1. The van der Waals surface area contributed by atoms with Crippen molar-refractivity contribution in [3.63, 3.8) is 0 Å². The van der Waals surface area contributed by atoms with E-state index in [1.54, 1.807) is 0 Å². The normalized spacial score (nSPS) is 23.0. The molecule has 0 aliphatic heterocycles. The lowest BCUT2D eigenvalue weighted by Gasteiger charge is -2.37. The Morgan fingerprint density at radius 2 is 2.00 bits per heavy atom. The van der Waals surface area contributed by atoms with E-state index in [-0.39, 0.29) is 0 Å². The van der Waals surface area contributed by atoms with Gasteiger partial charge in [-0.05, 0) is 56.8 Å². The van der Waals surface area contributed by atoms with E-state index in [0.717, 1.165) is 18.8 Å². The smallest absolute Gasteiger partial charge is 0.0241 e. The fourth-order valence-electron chi connectivity index (χ4n) is 2.68. The van der Waals surface area contributed by atoms with E-state index in [1.807, 2.05) is 0 Å². The van der Waals surface area contributed by atoms with Crippen LogP contribution in [-0.2, 0) is 0 Å². The molecule has 0 aromatic heterocycles. The largest absolute Gasteiger partial charge is 0.271 e. The second-order valence-corrected chi connectivity index (χ2v) is 6.27. The molecule has 1 fully saturated rings. The second kappa shape index (κ2) is 5.83. The van der Waals surface area contributed by atoms with Crippen LogP contribution in [0.3, 0.4) is 0 Å². The first kappa shape index (κ1) is 13.7. The van der Waals surface area contributed by atoms with E-state index in [0.29, 0.717) is 11.5 Å². The molecule has 0 aromatic rings. The van der Waals surface area contributed by atoms with Crippen LogP contribution in [0.25, 0.3) is 0 Å². The van der Waals surface area contributed by atoms with Crippen molar-refractivity contribution in [2.75, 3.05) is 0 Å². The Hall–Kier alpha value is -0.340. The van der Waals surface area contributed by atoms with Crippen LogP contribution in [-0.4, -0.2) is 6.04 Å². The summed E-state index contributed by atoms with van der Waals surface area (Å²) in [6.45, 7) is 10.8. The fraction of sp³-hybridized carbons (Fsp3) is 0.857. The van der Waals surface area contributed by atoms with Crippen molar-refractivity contribution in [2.45, 2.75) is 65.3 Å². The molecule has 16 heavy (non-hydrogen) atoms. The average Bonchev–Trinajstić information content (AvgIpc) is 2.20. The summed E-state index contributed by atoms with van der Waals surface area (Å²) in [5.74, 6) is 6.44. The molecule has 1 aliphatic carbocycles. The molecule has 0 heterocycles. The lowest BCUT2D eigenvalue weighted by molar-refractivity contribution is 0.157. The highest BCUT2D eigenvalue weighted by molar-refractivity contribution is 4.91. The molecular formula is C14H28N2. The Bertz CT molecular complexity index is 223. The lowest BCUT2D eigenvalue weighted by Crippen LogP contribution is -2.43. The Balaban J connectivity index is 2.39. The van der Waals surface area contributed by atoms with E-state index in [1.165, 1.54) is 31.3 Å². The Kier molecular flexibility index (Phi) is 5.00. The number of rotatable bonds is 5. The van der Waals surface area contributed by atoms with Crippen molar-refractivity contribution in [3.05, 3.63) is 12.2 Å². The molecular weight excluding hydrogens is 196 g/mol. The summed E-state index contributed by atoms with van der Waals surface area (Å²) in [5.41, 5.74) is 4.82. The van der Waals surface area contributed by atoms with Gasteiger partial charge in [0, 0.05) is 6.04 Å². The summed E-state index contributed by atoms with van der Waals surface area (Å²) in [5, 5.41) is 0. The van der Waals surface area contributed by atoms with Gasteiger partial charge in [-0.1, -0.05) is 19.4 Å². The molecule has 0 spiro atoms. The number of hydrazine groups is 1. The molecule has 1 saturated carbocycles. The first-order chi connectivity index (χ1) is 7.44. The molecule has 0 radical (unpaired) electrons. The summed E-state index contributed by atoms with van der Waals surface area (Å²) in [4.78, 5) is 0. The molecule has 2 heteroatoms. The Morgan fingerprint density at radius 3 is 2.44 bits per heavy atom. The van der Waals surface area contributed by atoms with E-state index in [4.69, 9.17) is 5.84 Å². The first-order valence-corrected chi connectivity index (χ1v) is 6.55. The topological polar surface area (TPSA) is 38.0 Å². The van der Waals surface area contributed by atoms with Crippen molar-refractivity contribution in [2.24, 2.45) is 17.2 Å². The van der Waals surface area contributed by atoms with Gasteiger partial charge in [0.15, 0.2) is 0 Å². The second-order valence-electron chi connectivity index (χ2n) is 6.27. The maximum Gasteiger partial charge on any atom is 0.0241 e. The number of nitrogens with two attached hydrogens (primary N) is 1. The van der Waals surface area contributed by atoms with Crippen molar-refractivity contribution >= 4 is 0 Å². The molecule has 0 saturated heterocycles. The van der Waals surface area contributed by atoms with Crippen LogP contribution in [0, 0.1) is 11.3 Å². The van der Waals surface area contributed by atoms with Crippen LogP contribution < -0.4 is 11.3 Å². The molecule has 94 valence electrons. The van der Waals surface area contributed by atoms with Gasteiger partial charge in [-0.2, -0.15) is 0 Å². The van der Waals surface area contributed by atoms with Crippen LogP contribution in [0.15, 0.2) is 12.2 Å².